The van der Waals surface area contributed by atoms with Gasteiger partial charge in [-0.15, -0.1) is 0 Å². The number of hydrogen-bond acceptors (Lipinski definition) is 4. The van der Waals surface area contributed by atoms with Crippen LogP contribution < -0.4 is 15.4 Å². The first-order chi connectivity index (χ1) is 9.40. The van der Waals surface area contributed by atoms with Gasteiger partial charge in [-0.3, -0.25) is 0 Å². The van der Waals surface area contributed by atoms with Gasteiger partial charge in [0.05, 0.1) is 10.4 Å². The molecule has 0 bridgehead atoms. The predicted octanol–water partition coefficient (Wildman–Crippen LogP) is 1.30. The van der Waals surface area contributed by atoms with Gasteiger partial charge < -0.3 is 10.6 Å². The molecule has 6 heteroatoms. The molecule has 20 heavy (non-hydrogen) atoms. The Kier molecular flexibility index (Phi) is 4.36. The van der Waals surface area contributed by atoms with Crippen LogP contribution in [-0.4, -0.2) is 33.6 Å². The maximum atomic E-state index is 12.0. The molecule has 1 saturated heterocycles. The second-order valence-corrected chi connectivity index (χ2v) is 7.23. The molecular weight excluding hydrogens is 274 g/mol. The Labute approximate surface area is 121 Å². The van der Waals surface area contributed by atoms with Crippen LogP contribution in [0.15, 0.2) is 29.2 Å². The summed E-state index contributed by atoms with van der Waals surface area (Å²) < 4.78 is 26.5. The number of nitrogens with one attached hydrogen (secondary N) is 1. The van der Waals surface area contributed by atoms with Gasteiger partial charge in [-0.1, -0.05) is 13.8 Å². The van der Waals surface area contributed by atoms with Crippen molar-refractivity contribution in [1.29, 1.82) is 0 Å². The minimum atomic E-state index is -3.37. The molecule has 1 fully saturated rings. The van der Waals surface area contributed by atoms with E-state index in [0.29, 0.717) is 11.4 Å². The fourth-order valence-corrected chi connectivity index (χ4v) is 3.41. The van der Waals surface area contributed by atoms with Crippen LogP contribution in [-0.2, 0) is 10.0 Å². The summed E-state index contributed by atoms with van der Waals surface area (Å²) in [6.07, 6.45) is 1.73. The molecule has 1 aromatic carbocycles. The summed E-state index contributed by atoms with van der Waals surface area (Å²) in [5.74, 6) is 0. The molecule has 1 aromatic rings. The Bertz CT molecular complexity index is 548. The number of benzene rings is 1. The highest BCUT2D eigenvalue weighted by molar-refractivity contribution is 7.89. The first kappa shape index (κ1) is 15.3. The molecule has 112 valence electrons. The molecule has 0 radical (unpaired) electrons. The number of nitrogens with zero attached hydrogens (tertiary/aromatic N) is 1. The zero-order chi connectivity index (χ0) is 14.8. The molecule has 0 unspecified atom stereocenters. The topological polar surface area (TPSA) is 75.4 Å². The van der Waals surface area contributed by atoms with E-state index in [2.05, 4.69) is 16.5 Å². The summed E-state index contributed by atoms with van der Waals surface area (Å²) in [6, 6.07) is 6.98. The summed E-state index contributed by atoms with van der Waals surface area (Å²) in [6.45, 7) is 6.13. The third-order valence-electron chi connectivity index (χ3n) is 3.77. The van der Waals surface area contributed by atoms with Gasteiger partial charge in [-0.2, -0.15) is 0 Å². The van der Waals surface area contributed by atoms with Crippen molar-refractivity contribution in [3.05, 3.63) is 24.3 Å². The molecule has 0 spiro atoms. The van der Waals surface area contributed by atoms with E-state index in [0.717, 1.165) is 31.6 Å². The van der Waals surface area contributed by atoms with Gasteiger partial charge in [0.2, 0.25) is 10.0 Å². The van der Waals surface area contributed by atoms with Crippen LogP contribution in [0.3, 0.4) is 0 Å². The number of anilines is 1. The fourth-order valence-electron chi connectivity index (χ4n) is 2.28. The van der Waals surface area contributed by atoms with Gasteiger partial charge in [0.25, 0.3) is 0 Å². The Balaban J connectivity index is 2.04. The Morgan fingerprint density at radius 3 is 2.35 bits per heavy atom. The van der Waals surface area contributed by atoms with E-state index in [-0.39, 0.29) is 5.54 Å². The SMILES string of the molecule is CCCNS(=O)(=O)c1ccc(N2CC(N)(CC)C2)cc1. The van der Waals surface area contributed by atoms with Crippen LogP contribution >= 0.6 is 0 Å². The summed E-state index contributed by atoms with van der Waals surface area (Å²) in [5, 5.41) is 0. The fraction of sp³-hybridized carbons (Fsp3) is 0.571. The monoisotopic (exact) mass is 297 g/mol. The predicted molar refractivity (Wildman–Crippen MR) is 81.3 cm³/mol. The third-order valence-corrected chi connectivity index (χ3v) is 5.25. The van der Waals surface area contributed by atoms with Gasteiger partial charge >= 0.3 is 0 Å². The number of sulfonamides is 1. The number of hydrogen-bond donors (Lipinski definition) is 2. The second kappa shape index (κ2) is 5.71. The largest absolute Gasteiger partial charge is 0.368 e. The maximum Gasteiger partial charge on any atom is 0.240 e. The van der Waals surface area contributed by atoms with Crippen LogP contribution in [0, 0.1) is 0 Å². The van der Waals surface area contributed by atoms with Crippen molar-refractivity contribution in [3.8, 4) is 0 Å². The number of nitrogens with two attached hydrogens (primary N) is 1. The van der Waals surface area contributed by atoms with Crippen LogP contribution in [0.25, 0.3) is 0 Å². The van der Waals surface area contributed by atoms with Crippen molar-refractivity contribution >= 4 is 15.7 Å². The molecule has 5 nitrogen and oxygen atoms in total. The van der Waals surface area contributed by atoms with Gasteiger partial charge in [-0.25, -0.2) is 13.1 Å². The summed E-state index contributed by atoms with van der Waals surface area (Å²) in [7, 11) is -3.37. The lowest BCUT2D eigenvalue weighted by Crippen LogP contribution is -2.67. The first-order valence-corrected chi connectivity index (χ1v) is 8.52. The van der Waals surface area contributed by atoms with E-state index in [4.69, 9.17) is 5.73 Å². The van der Waals surface area contributed by atoms with Crippen LogP contribution in [0.1, 0.15) is 26.7 Å². The zero-order valence-corrected chi connectivity index (χ0v) is 12.9. The Hall–Kier alpha value is -1.11. The lowest BCUT2D eigenvalue weighted by molar-refractivity contribution is 0.322. The van der Waals surface area contributed by atoms with E-state index in [1.165, 1.54) is 0 Å². The van der Waals surface area contributed by atoms with E-state index in [9.17, 15) is 8.42 Å². The smallest absolute Gasteiger partial charge is 0.240 e. The van der Waals surface area contributed by atoms with Crippen LogP contribution in [0.5, 0.6) is 0 Å². The summed E-state index contributed by atoms with van der Waals surface area (Å²) in [4.78, 5) is 2.48. The zero-order valence-electron chi connectivity index (χ0n) is 12.1. The molecule has 3 N–H and O–H groups in total. The minimum Gasteiger partial charge on any atom is -0.368 e. The van der Waals surface area contributed by atoms with Crippen molar-refractivity contribution in [3.63, 3.8) is 0 Å². The Morgan fingerprint density at radius 1 is 1.25 bits per heavy atom. The molecule has 0 atom stereocenters. The van der Waals surface area contributed by atoms with Crippen molar-refractivity contribution < 1.29 is 8.42 Å². The molecule has 0 aliphatic carbocycles. The summed E-state index contributed by atoms with van der Waals surface area (Å²) in [5.41, 5.74) is 7.07. The van der Waals surface area contributed by atoms with Gasteiger partial charge in [0.1, 0.15) is 0 Å². The standard InChI is InChI=1S/C14H23N3O2S/c1-3-9-16-20(18,19)13-7-5-12(6-8-13)17-10-14(15,4-2)11-17/h5-8,16H,3-4,9-11,15H2,1-2H3. The lowest BCUT2D eigenvalue weighted by atomic mass is 9.88. The Morgan fingerprint density at radius 2 is 1.85 bits per heavy atom. The van der Waals surface area contributed by atoms with Gasteiger partial charge in [0, 0.05) is 25.3 Å². The second-order valence-electron chi connectivity index (χ2n) is 5.46. The normalized spacial score (nSPS) is 17.9. The van der Waals surface area contributed by atoms with Gasteiger partial charge in [0.15, 0.2) is 0 Å². The molecule has 0 aromatic heterocycles. The first-order valence-electron chi connectivity index (χ1n) is 7.04. The summed E-state index contributed by atoms with van der Waals surface area (Å²) >= 11 is 0. The highest BCUT2D eigenvalue weighted by Crippen LogP contribution is 2.28. The van der Waals surface area contributed by atoms with E-state index < -0.39 is 10.0 Å². The van der Waals surface area contributed by atoms with Crippen LogP contribution in [0.4, 0.5) is 5.69 Å². The molecule has 0 saturated carbocycles. The van der Waals surface area contributed by atoms with E-state index in [1.807, 2.05) is 19.1 Å². The molecule has 1 aliphatic heterocycles. The molecule has 2 rings (SSSR count). The lowest BCUT2D eigenvalue weighted by Gasteiger charge is -2.48. The average Bonchev–Trinajstić information content (AvgIpc) is 2.42. The maximum absolute atomic E-state index is 12.0. The van der Waals surface area contributed by atoms with Crippen molar-refractivity contribution in [2.24, 2.45) is 5.73 Å². The molecule has 1 heterocycles. The average molecular weight is 297 g/mol. The van der Waals surface area contributed by atoms with Crippen molar-refractivity contribution in [1.82, 2.24) is 4.72 Å². The quantitative estimate of drug-likeness (QED) is 0.830. The molecular formula is C14H23N3O2S. The highest BCUT2D eigenvalue weighted by Gasteiger charge is 2.37. The van der Waals surface area contributed by atoms with Crippen molar-refractivity contribution in [2.75, 3.05) is 24.5 Å². The molecule has 1 aliphatic rings. The van der Waals surface area contributed by atoms with Crippen molar-refractivity contribution in [2.45, 2.75) is 37.1 Å². The van der Waals surface area contributed by atoms with Crippen LogP contribution in [0.2, 0.25) is 0 Å². The van der Waals surface area contributed by atoms with Gasteiger partial charge in [-0.05, 0) is 37.1 Å². The van der Waals surface area contributed by atoms with E-state index in [1.54, 1.807) is 12.1 Å². The molecule has 0 amide bonds. The minimum absolute atomic E-state index is 0.0899. The van der Waals surface area contributed by atoms with E-state index >= 15 is 0 Å². The number of rotatable bonds is 6. The third kappa shape index (κ3) is 3.13. The highest BCUT2D eigenvalue weighted by atomic mass is 32.2.